The van der Waals surface area contributed by atoms with Gasteiger partial charge in [-0.15, -0.1) is 0 Å². The van der Waals surface area contributed by atoms with Crippen molar-refractivity contribution in [2.75, 3.05) is 0 Å². The van der Waals surface area contributed by atoms with Crippen LogP contribution in [0.1, 0.15) is 41.0 Å². The molecule has 0 saturated carbocycles. The molecule has 0 saturated heterocycles. The minimum atomic E-state index is -0.725. The van der Waals surface area contributed by atoms with E-state index in [0.717, 1.165) is 4.90 Å². The van der Waals surface area contributed by atoms with Crippen molar-refractivity contribution in [1.82, 2.24) is 4.72 Å². The van der Waals surface area contributed by atoms with Crippen LogP contribution in [0.15, 0.2) is 29.2 Å². The van der Waals surface area contributed by atoms with Crippen LogP contribution in [0.4, 0.5) is 4.79 Å². The number of hydrogen-bond acceptors (Lipinski definition) is 4. The van der Waals surface area contributed by atoms with Gasteiger partial charge < -0.3 is 10.5 Å². The molecule has 7 heteroatoms. The number of carbonyl (C=O) groups excluding carboxylic acids is 2. The Labute approximate surface area is 147 Å². The maximum atomic E-state index is 11.3. The highest BCUT2D eigenvalue weighted by molar-refractivity contribution is 7.98. The van der Waals surface area contributed by atoms with E-state index in [1.54, 1.807) is 20.8 Å². The topological polar surface area (TPSA) is 81.4 Å². The maximum Gasteiger partial charge on any atom is 0.405 e. The van der Waals surface area contributed by atoms with Crippen molar-refractivity contribution < 1.29 is 14.3 Å². The van der Waals surface area contributed by atoms with Crippen LogP contribution in [0.5, 0.6) is 0 Å². The van der Waals surface area contributed by atoms with Gasteiger partial charge in [0.15, 0.2) is 0 Å². The Kier molecular flexibility index (Phi) is 9.76. The van der Waals surface area contributed by atoms with Crippen LogP contribution in [0.3, 0.4) is 0 Å². The highest BCUT2D eigenvalue weighted by atomic mass is 35.5. The van der Waals surface area contributed by atoms with Crippen molar-refractivity contribution in [1.29, 1.82) is 0 Å². The van der Waals surface area contributed by atoms with Gasteiger partial charge in [-0.1, -0.05) is 31.5 Å². The Hall–Kier alpha value is -1.40. The van der Waals surface area contributed by atoms with E-state index in [0.29, 0.717) is 17.4 Å². The molecule has 2 amide bonds. The van der Waals surface area contributed by atoms with Gasteiger partial charge in [0.25, 0.3) is 0 Å². The van der Waals surface area contributed by atoms with Gasteiger partial charge >= 0.3 is 6.09 Å². The number of carbonyl (C=O) groups is 2. The molecule has 5 nitrogen and oxygen atoms in total. The minimum Gasteiger partial charge on any atom is -0.444 e. The van der Waals surface area contributed by atoms with Crippen LogP contribution < -0.4 is 10.5 Å². The van der Waals surface area contributed by atoms with Gasteiger partial charge in [-0.3, -0.25) is 9.52 Å². The summed E-state index contributed by atoms with van der Waals surface area (Å²) < 4.78 is 7.35. The lowest BCUT2D eigenvalue weighted by Crippen LogP contribution is -2.27. The van der Waals surface area contributed by atoms with E-state index in [2.05, 4.69) is 9.46 Å². The van der Waals surface area contributed by atoms with E-state index < -0.39 is 11.7 Å². The summed E-state index contributed by atoms with van der Waals surface area (Å²) in [6.45, 7) is 9.32. The second-order valence-electron chi connectivity index (χ2n) is 6.22. The highest BCUT2D eigenvalue weighted by Crippen LogP contribution is 2.19. The van der Waals surface area contributed by atoms with Crippen LogP contribution >= 0.6 is 23.5 Å². The summed E-state index contributed by atoms with van der Waals surface area (Å²) >= 11 is 7.12. The lowest BCUT2D eigenvalue weighted by atomic mass is 10.1. The van der Waals surface area contributed by atoms with Crippen LogP contribution in [0.2, 0.25) is 5.02 Å². The van der Waals surface area contributed by atoms with Gasteiger partial charge in [0.1, 0.15) is 5.60 Å². The Morgan fingerprint density at radius 1 is 1.35 bits per heavy atom. The van der Waals surface area contributed by atoms with Gasteiger partial charge in [0.2, 0.25) is 5.91 Å². The number of amides is 2. The van der Waals surface area contributed by atoms with E-state index in [1.165, 1.54) is 11.9 Å². The zero-order valence-corrected chi connectivity index (χ0v) is 15.8. The predicted octanol–water partition coefficient (Wildman–Crippen LogP) is 4.39. The molecular weight excluding hydrogens is 336 g/mol. The number of hydrogen-bond donors (Lipinski definition) is 2. The van der Waals surface area contributed by atoms with Gasteiger partial charge in [-0.25, -0.2) is 4.79 Å². The normalized spacial score (nSPS) is 10.6. The number of primary amides is 1. The average molecular weight is 361 g/mol. The molecule has 0 aliphatic carbocycles. The number of ether oxygens (including phenoxy) is 1. The van der Waals surface area contributed by atoms with Crippen molar-refractivity contribution in [3.05, 3.63) is 29.3 Å². The van der Waals surface area contributed by atoms with Crippen molar-refractivity contribution in [3.8, 4) is 0 Å². The molecular formula is C16H25ClN2O3S. The van der Waals surface area contributed by atoms with Crippen molar-refractivity contribution in [3.63, 3.8) is 0 Å². The van der Waals surface area contributed by atoms with E-state index >= 15 is 0 Å². The summed E-state index contributed by atoms with van der Waals surface area (Å²) in [4.78, 5) is 22.3. The molecule has 0 aliphatic rings. The predicted molar refractivity (Wildman–Crippen MR) is 95.3 cm³/mol. The molecule has 0 bridgehead atoms. The minimum absolute atomic E-state index is 0.0509. The summed E-state index contributed by atoms with van der Waals surface area (Å²) in [6.07, 6.45) is -0.175. The van der Waals surface area contributed by atoms with Gasteiger partial charge in [0.05, 0.1) is 0 Å². The van der Waals surface area contributed by atoms with Crippen LogP contribution in [0, 0.1) is 5.92 Å². The zero-order valence-electron chi connectivity index (χ0n) is 14.2. The van der Waals surface area contributed by atoms with E-state index in [9.17, 15) is 9.59 Å². The molecule has 1 aromatic rings. The Morgan fingerprint density at radius 2 is 1.96 bits per heavy atom. The number of halogens is 1. The number of nitrogens with one attached hydrogen (secondary N) is 1. The number of benzene rings is 1. The molecule has 0 heterocycles. The van der Waals surface area contributed by atoms with E-state index in [-0.39, 0.29) is 5.91 Å². The van der Waals surface area contributed by atoms with E-state index in [1.807, 2.05) is 38.1 Å². The summed E-state index contributed by atoms with van der Waals surface area (Å²) in [5.74, 6) is 0.430. The third-order valence-electron chi connectivity index (χ3n) is 2.08. The molecule has 1 aromatic carbocycles. The average Bonchev–Trinajstić information content (AvgIpc) is 2.33. The fourth-order valence-corrected chi connectivity index (χ4v) is 2.26. The maximum absolute atomic E-state index is 11.3. The lowest BCUT2D eigenvalue weighted by molar-refractivity contribution is -0.119. The van der Waals surface area contributed by atoms with Gasteiger partial charge in [0, 0.05) is 16.3 Å². The molecule has 0 spiro atoms. The molecule has 0 radical (unpaired) electrons. The zero-order chi connectivity index (χ0) is 18.0. The smallest absolute Gasteiger partial charge is 0.405 e. The fraction of sp³-hybridized carbons (Fsp3) is 0.500. The molecule has 1 rings (SSSR count). The van der Waals surface area contributed by atoms with Crippen LogP contribution in [0.25, 0.3) is 0 Å². The Morgan fingerprint density at radius 3 is 2.35 bits per heavy atom. The third-order valence-corrected chi connectivity index (χ3v) is 3.13. The molecule has 0 fully saturated rings. The quantitative estimate of drug-likeness (QED) is 0.780. The molecule has 130 valence electrons. The molecule has 23 heavy (non-hydrogen) atoms. The summed E-state index contributed by atoms with van der Waals surface area (Å²) in [7, 11) is 0. The second kappa shape index (κ2) is 10.4. The molecule has 0 atom stereocenters. The molecule has 3 N–H and O–H groups in total. The largest absolute Gasteiger partial charge is 0.444 e. The van der Waals surface area contributed by atoms with Crippen LogP contribution in [-0.2, 0) is 9.53 Å². The number of nitrogens with two attached hydrogens (primary N) is 1. The van der Waals surface area contributed by atoms with Crippen LogP contribution in [-0.4, -0.2) is 17.6 Å². The monoisotopic (exact) mass is 360 g/mol. The standard InChI is InChI=1S/C11H14ClNOS.C5H11NO2/c1-8(2)6-11(14)13-15-10-5-3-4-9(12)7-10;1-5(2,3)8-4(6)7/h3-5,7-8H,6H2,1-2H3,(H,13,14);1-3H3,(H2,6,7). The summed E-state index contributed by atoms with van der Waals surface area (Å²) in [5.41, 5.74) is 4.26. The number of rotatable bonds is 4. The third kappa shape index (κ3) is 14.0. The Balaban J connectivity index is 0.000000515. The highest BCUT2D eigenvalue weighted by Gasteiger charge is 2.12. The van der Waals surface area contributed by atoms with Gasteiger partial charge in [-0.2, -0.15) is 0 Å². The lowest BCUT2D eigenvalue weighted by Gasteiger charge is -2.16. The summed E-state index contributed by atoms with van der Waals surface area (Å²) in [6, 6.07) is 7.40. The first-order valence-corrected chi connectivity index (χ1v) is 8.38. The molecule has 0 unspecified atom stereocenters. The first kappa shape index (κ1) is 21.6. The van der Waals surface area contributed by atoms with E-state index in [4.69, 9.17) is 17.3 Å². The van der Waals surface area contributed by atoms with Gasteiger partial charge in [-0.05, 0) is 56.8 Å². The second-order valence-corrected chi connectivity index (χ2v) is 7.53. The first-order chi connectivity index (χ1) is 10.5. The SMILES string of the molecule is CC(C)(C)OC(N)=O.CC(C)CC(=O)NSc1cccc(Cl)c1. The Bertz CT molecular complexity index is 516. The van der Waals surface area contributed by atoms with Crippen molar-refractivity contribution in [2.24, 2.45) is 11.7 Å². The molecule has 0 aliphatic heterocycles. The van der Waals surface area contributed by atoms with Crippen molar-refractivity contribution >= 4 is 35.5 Å². The first-order valence-electron chi connectivity index (χ1n) is 7.19. The van der Waals surface area contributed by atoms with Crippen molar-refractivity contribution in [2.45, 2.75) is 51.5 Å². The molecule has 0 aromatic heterocycles. The summed E-state index contributed by atoms with van der Waals surface area (Å²) in [5, 5.41) is 0.679. The fourth-order valence-electron chi connectivity index (χ4n) is 1.36.